The first-order chi connectivity index (χ1) is 45.0. The normalized spacial score (nSPS) is 13.8. The zero-order valence-electron chi connectivity index (χ0n) is 60.2. The second-order valence-corrected chi connectivity index (χ2v) is 27.8. The lowest BCUT2D eigenvalue weighted by Gasteiger charge is -2.24. The molecule has 0 radical (unpaired) electrons. The number of unbranched alkanes of at least 4 members (excludes halogenated alkanes) is 33. The van der Waals surface area contributed by atoms with Crippen LogP contribution < -0.4 is 0 Å². The molecule has 0 heterocycles. The first-order valence-electron chi connectivity index (χ1n) is 37.9. The first kappa shape index (κ1) is 88.2. The molecule has 0 saturated heterocycles. The van der Waals surface area contributed by atoms with Gasteiger partial charge >= 0.3 is 19.8 Å². The van der Waals surface area contributed by atoms with Crippen molar-refractivity contribution in [2.75, 3.05) is 47.5 Å². The smallest absolute Gasteiger partial charge is 0.462 e. The molecule has 0 amide bonds. The summed E-state index contributed by atoms with van der Waals surface area (Å²) in [5.41, 5.74) is 0. The summed E-state index contributed by atoms with van der Waals surface area (Å²) in [5.74, 6) is -0.833. The molecule has 10 heteroatoms. The Hall–Kier alpha value is -3.85. The average Bonchev–Trinajstić information content (AvgIpc) is 2.14. The number of phosphoric ester groups is 1. The molecule has 1 N–H and O–H groups in total. The minimum absolute atomic E-state index is 0.0193. The number of quaternary nitrogens is 1. The van der Waals surface area contributed by atoms with E-state index in [1.807, 2.05) is 21.1 Å². The fourth-order valence-electron chi connectivity index (χ4n) is 10.4. The molecule has 0 aliphatic heterocycles. The van der Waals surface area contributed by atoms with Gasteiger partial charge < -0.3 is 18.9 Å². The van der Waals surface area contributed by atoms with Gasteiger partial charge in [-0.25, -0.2) is 4.57 Å². The number of phosphoric acid groups is 1. The van der Waals surface area contributed by atoms with Gasteiger partial charge in [0.25, 0.3) is 0 Å². The van der Waals surface area contributed by atoms with Gasteiger partial charge in [-0.1, -0.05) is 327 Å². The Morgan fingerprint density at radius 1 is 0.348 bits per heavy atom. The predicted molar refractivity (Wildman–Crippen MR) is 399 cm³/mol. The second kappa shape index (κ2) is 71.4. The van der Waals surface area contributed by atoms with Gasteiger partial charge in [0.2, 0.25) is 0 Å². The molecule has 0 aromatic carbocycles. The van der Waals surface area contributed by atoms with Gasteiger partial charge in [-0.3, -0.25) is 18.6 Å². The third-order valence-corrected chi connectivity index (χ3v) is 17.1. The number of ether oxygens (including phenoxy) is 2. The van der Waals surface area contributed by atoms with E-state index in [0.29, 0.717) is 17.4 Å². The molecule has 2 atom stereocenters. The molecular formula is C82H143NO8P+. The standard InChI is InChI=1S/C82H142NO8P/c1-6-8-10-12-14-16-18-20-22-24-26-28-30-32-34-36-38-39-40-41-42-43-45-46-48-50-52-54-56-58-60-62-64-66-68-70-72-74-81(84)88-78-80(79-90-92(86,87)89-77-76-83(3,4)5)91-82(85)75-73-71-69-67-65-63-61-59-57-55-53-51-49-47-44-37-35-33-31-29-27-25-23-21-19-17-15-13-11-9-7-2/h9,11,15,17-18,20-21,23-24,26-27,29,33,35,44,47,51,53,57,59,63,65,80H,6-8,10,12-14,16,19,22,25,28,30-32,34,36-43,45-46,48-50,52,54-56,58,60-62,64,66-79H2,1-5H3/p+1/b11-9-,17-15-,20-18-,23-21-,26-24-,29-27-,35-33-,47-44-,53-51-,59-57-,65-63-. The van der Waals surface area contributed by atoms with Crippen LogP contribution in [0.2, 0.25) is 0 Å². The Labute approximate surface area is 568 Å². The topological polar surface area (TPSA) is 108 Å². The molecule has 0 rings (SSSR count). The Morgan fingerprint density at radius 3 is 0.935 bits per heavy atom. The van der Waals surface area contributed by atoms with Crippen molar-refractivity contribution < 1.29 is 42.1 Å². The van der Waals surface area contributed by atoms with E-state index in [-0.39, 0.29) is 32.0 Å². The van der Waals surface area contributed by atoms with Gasteiger partial charge in [-0.2, -0.15) is 0 Å². The Bertz CT molecular complexity index is 2020. The van der Waals surface area contributed by atoms with E-state index in [2.05, 4.69) is 148 Å². The molecule has 0 bridgehead atoms. The summed E-state index contributed by atoms with van der Waals surface area (Å²) in [7, 11) is 1.45. The molecule has 92 heavy (non-hydrogen) atoms. The fraction of sp³-hybridized carbons (Fsp3) is 0.707. The van der Waals surface area contributed by atoms with E-state index in [1.54, 1.807) is 0 Å². The van der Waals surface area contributed by atoms with Crippen LogP contribution in [-0.2, 0) is 32.7 Å². The fourth-order valence-corrected chi connectivity index (χ4v) is 11.1. The number of carbonyl (C=O) groups excluding carboxylic acids is 2. The highest BCUT2D eigenvalue weighted by molar-refractivity contribution is 7.47. The zero-order valence-corrected chi connectivity index (χ0v) is 61.1. The Morgan fingerprint density at radius 2 is 0.620 bits per heavy atom. The van der Waals surface area contributed by atoms with E-state index in [1.165, 1.54) is 186 Å². The van der Waals surface area contributed by atoms with Crippen molar-refractivity contribution in [2.45, 2.75) is 328 Å². The molecule has 0 aliphatic carbocycles. The SMILES string of the molecule is CC/C=C\C/C=C\C/C=C\C/C=C\C/C=C\C/C=C\C/C=C\C/C=C\C/C=C\CCCCCC(=O)OC(COC(=O)CCCCCCCCCCCCCCCCCCCCCCCCCCC/C=C\C/C=C\CCCCCCC)COP(=O)(O)OCC[N+](C)(C)C. The molecule has 9 nitrogen and oxygen atoms in total. The summed E-state index contributed by atoms with van der Waals surface area (Å²) in [6.07, 6.45) is 104. The molecule has 0 aromatic heterocycles. The number of allylic oxidation sites excluding steroid dienone is 22. The van der Waals surface area contributed by atoms with E-state index < -0.39 is 26.5 Å². The lowest BCUT2D eigenvalue weighted by Crippen LogP contribution is -2.37. The molecule has 0 fully saturated rings. The third-order valence-electron chi connectivity index (χ3n) is 16.2. The zero-order chi connectivity index (χ0) is 66.9. The van der Waals surface area contributed by atoms with Crippen molar-refractivity contribution >= 4 is 19.8 Å². The maximum absolute atomic E-state index is 12.9. The van der Waals surface area contributed by atoms with Crippen molar-refractivity contribution in [2.24, 2.45) is 0 Å². The van der Waals surface area contributed by atoms with Crippen LogP contribution >= 0.6 is 7.82 Å². The number of nitrogens with zero attached hydrogens (tertiary/aromatic N) is 1. The Kier molecular flexibility index (Phi) is 68.5. The highest BCUT2D eigenvalue weighted by Gasteiger charge is 2.27. The number of rotatable bonds is 69. The number of likely N-dealkylation sites (N-methyl/N-ethyl adjacent to an activating group) is 1. The summed E-state index contributed by atoms with van der Waals surface area (Å²) in [6, 6.07) is 0. The van der Waals surface area contributed by atoms with Crippen LogP contribution in [0, 0.1) is 0 Å². The van der Waals surface area contributed by atoms with Crippen LogP contribution in [0.1, 0.15) is 322 Å². The van der Waals surface area contributed by atoms with Crippen LogP contribution in [-0.4, -0.2) is 74.9 Å². The van der Waals surface area contributed by atoms with E-state index in [0.717, 1.165) is 103 Å². The van der Waals surface area contributed by atoms with Crippen molar-refractivity contribution in [3.63, 3.8) is 0 Å². The van der Waals surface area contributed by atoms with E-state index in [9.17, 15) is 19.0 Å². The highest BCUT2D eigenvalue weighted by Crippen LogP contribution is 2.43. The number of hydrogen-bond donors (Lipinski definition) is 1. The highest BCUT2D eigenvalue weighted by atomic mass is 31.2. The van der Waals surface area contributed by atoms with Crippen LogP contribution in [0.25, 0.3) is 0 Å². The largest absolute Gasteiger partial charge is 0.472 e. The van der Waals surface area contributed by atoms with Gasteiger partial charge in [-0.15, -0.1) is 0 Å². The average molecular weight is 1300 g/mol. The summed E-state index contributed by atoms with van der Waals surface area (Å²) in [5, 5.41) is 0. The minimum atomic E-state index is -4.41. The summed E-state index contributed by atoms with van der Waals surface area (Å²) < 4.78 is 34.7. The van der Waals surface area contributed by atoms with Crippen LogP contribution in [0.3, 0.4) is 0 Å². The quantitative estimate of drug-likeness (QED) is 0.0211. The monoisotopic (exact) mass is 1300 g/mol. The molecule has 2 unspecified atom stereocenters. The molecule has 528 valence electrons. The molecule has 0 spiro atoms. The summed E-state index contributed by atoms with van der Waals surface area (Å²) in [4.78, 5) is 35.9. The first-order valence-corrected chi connectivity index (χ1v) is 39.4. The van der Waals surface area contributed by atoms with Crippen LogP contribution in [0.5, 0.6) is 0 Å². The number of hydrogen-bond acceptors (Lipinski definition) is 7. The summed E-state index contributed by atoms with van der Waals surface area (Å²) in [6.45, 7) is 4.29. The lowest BCUT2D eigenvalue weighted by molar-refractivity contribution is -0.870. The lowest BCUT2D eigenvalue weighted by atomic mass is 10.0. The van der Waals surface area contributed by atoms with Crippen molar-refractivity contribution in [3.05, 3.63) is 134 Å². The maximum atomic E-state index is 12.9. The molecule has 0 aromatic rings. The maximum Gasteiger partial charge on any atom is 0.472 e. The second-order valence-electron chi connectivity index (χ2n) is 26.3. The van der Waals surface area contributed by atoms with Crippen LogP contribution in [0.4, 0.5) is 0 Å². The summed E-state index contributed by atoms with van der Waals surface area (Å²) >= 11 is 0. The van der Waals surface area contributed by atoms with Gasteiger partial charge in [0.1, 0.15) is 19.8 Å². The van der Waals surface area contributed by atoms with Crippen molar-refractivity contribution in [1.29, 1.82) is 0 Å². The van der Waals surface area contributed by atoms with Crippen molar-refractivity contribution in [3.8, 4) is 0 Å². The predicted octanol–water partition coefficient (Wildman–Crippen LogP) is 25.2. The van der Waals surface area contributed by atoms with Crippen molar-refractivity contribution in [1.82, 2.24) is 0 Å². The van der Waals surface area contributed by atoms with Gasteiger partial charge in [0.05, 0.1) is 27.7 Å². The Balaban J connectivity index is 4.06. The van der Waals surface area contributed by atoms with Crippen LogP contribution in [0.15, 0.2) is 134 Å². The van der Waals surface area contributed by atoms with Gasteiger partial charge in [-0.05, 0) is 116 Å². The molecule has 0 aliphatic rings. The molecular weight excluding hydrogens is 1160 g/mol. The van der Waals surface area contributed by atoms with Gasteiger partial charge in [0, 0.05) is 12.8 Å². The molecule has 0 saturated carbocycles. The van der Waals surface area contributed by atoms with E-state index in [4.69, 9.17) is 18.5 Å². The number of carbonyl (C=O) groups is 2. The van der Waals surface area contributed by atoms with Gasteiger partial charge in [0.15, 0.2) is 6.10 Å². The third kappa shape index (κ3) is 75.2. The minimum Gasteiger partial charge on any atom is -0.462 e. The number of esters is 2. The van der Waals surface area contributed by atoms with E-state index >= 15 is 0 Å².